The number of ether oxygens (including phenoxy) is 3. The van der Waals surface area contributed by atoms with Crippen LogP contribution in [0.15, 0.2) is 125 Å². The topological polar surface area (TPSA) is 342 Å². The molecule has 7 aromatic rings. The minimum Gasteiger partial charge on any atom is -0.488 e. The number of carbonyl (C=O) groups is 7. The molecule has 4 saturated heterocycles. The maximum atomic E-state index is 14.4. The molecule has 0 spiro atoms. The molecule has 7 amide bonds. The van der Waals surface area contributed by atoms with Crippen molar-refractivity contribution < 1.29 is 57.4 Å². The normalized spacial score (nSPS) is 20.2. The van der Waals surface area contributed by atoms with Crippen LogP contribution in [0, 0.1) is 18.3 Å². The van der Waals surface area contributed by atoms with Crippen LogP contribution in [-0.4, -0.2) is 232 Å². The molecule has 30 heteroatoms. The number of aliphatic hydroxyl groups excluding tert-OH is 1. The van der Waals surface area contributed by atoms with Gasteiger partial charge in [-0.3, -0.25) is 48.3 Å². The van der Waals surface area contributed by atoms with Crippen molar-refractivity contribution in [2.24, 2.45) is 11.3 Å². The SMILES string of the molecule is Cc1ncsc1-c1ccc([C@H](C)NC(=O)[C@@H]2C[C@@H](O)CN2C(=O)[C@@H](c2cc(OCCN3CCN(CCOc4cc(N5C6CCC5CN(c5cc(-c7ccccc7OCc7ccc(NC(=O)[C@H](CCCCN(C)C)NC(=O)C8(C(=O)NCCCCCN9C(=O)C=CC9=O)CCC8)cc7)nnc5N)C6)ccn4)[C@H](C)C3)no2)C(C)C)cc1. The number of aryl methyl sites for hydroxylation is 1. The van der Waals surface area contributed by atoms with Crippen molar-refractivity contribution in [2.75, 3.05) is 120 Å². The van der Waals surface area contributed by atoms with Gasteiger partial charge in [-0.1, -0.05) is 68.8 Å². The minimum atomic E-state index is -1.26. The van der Waals surface area contributed by atoms with E-state index in [0.717, 1.165) is 109 Å². The number of aromatic nitrogens is 5. The molecule has 5 fully saturated rings. The molecular formula is C85H109N17O12S. The van der Waals surface area contributed by atoms with Crippen LogP contribution < -0.4 is 51.0 Å². The Bertz CT molecular complexity index is 4540. The number of amides is 7. The van der Waals surface area contributed by atoms with Crippen molar-refractivity contribution in [1.82, 2.24) is 65.8 Å². The number of piperazine rings is 2. The predicted octanol–water partition coefficient (Wildman–Crippen LogP) is 8.56. The molecule has 6 aliphatic rings. The first-order valence-electron chi connectivity index (χ1n) is 40.6. The second-order valence-electron chi connectivity index (χ2n) is 31.9. The highest BCUT2D eigenvalue weighted by Gasteiger charge is 2.52. The number of para-hydroxylation sites is 1. The smallest absolute Gasteiger partial charge is 0.254 e. The maximum absolute atomic E-state index is 14.4. The van der Waals surface area contributed by atoms with Crippen molar-refractivity contribution in [3.05, 3.63) is 144 Å². The Morgan fingerprint density at radius 1 is 0.783 bits per heavy atom. The van der Waals surface area contributed by atoms with Gasteiger partial charge < -0.3 is 70.4 Å². The van der Waals surface area contributed by atoms with Crippen LogP contribution in [0.3, 0.4) is 0 Å². The average molecular weight is 1590 g/mol. The molecule has 3 aromatic carbocycles. The Morgan fingerprint density at radius 3 is 2.24 bits per heavy atom. The number of β-amino-alcohol motifs (C(OH)–C–C–N with tert-alkyl or cyclic N) is 1. The molecule has 4 aromatic heterocycles. The number of benzene rings is 3. The summed E-state index contributed by atoms with van der Waals surface area (Å²) in [5, 5.41) is 36.1. The van der Waals surface area contributed by atoms with Gasteiger partial charge in [0.1, 0.15) is 49.0 Å². The van der Waals surface area contributed by atoms with Gasteiger partial charge in [-0.2, -0.15) is 0 Å². The second-order valence-corrected chi connectivity index (χ2v) is 32.8. The summed E-state index contributed by atoms with van der Waals surface area (Å²) in [7, 11) is 3.98. The number of unbranched alkanes of at least 4 members (excludes halogenated alkanes) is 3. The first-order valence-corrected chi connectivity index (χ1v) is 41.4. The van der Waals surface area contributed by atoms with E-state index >= 15 is 0 Å². The van der Waals surface area contributed by atoms with Crippen molar-refractivity contribution in [2.45, 2.75) is 167 Å². The number of thiazole rings is 1. The zero-order valence-electron chi connectivity index (χ0n) is 66.9. The van der Waals surface area contributed by atoms with Crippen molar-refractivity contribution in [1.29, 1.82) is 0 Å². The minimum absolute atomic E-state index is 0.0332. The van der Waals surface area contributed by atoms with Gasteiger partial charge in [-0.05, 0) is 170 Å². The summed E-state index contributed by atoms with van der Waals surface area (Å²) < 4.78 is 24.8. The van der Waals surface area contributed by atoms with Gasteiger partial charge in [-0.15, -0.1) is 21.5 Å². The molecule has 29 nitrogen and oxygen atoms in total. The molecule has 8 atom stereocenters. The number of fused-ring (bicyclic) bond motifs is 2. The van der Waals surface area contributed by atoms with Crippen molar-refractivity contribution in [3.63, 3.8) is 0 Å². The van der Waals surface area contributed by atoms with Gasteiger partial charge in [0.05, 0.1) is 39.6 Å². The van der Waals surface area contributed by atoms with Crippen LogP contribution in [0.4, 0.5) is 22.9 Å². The summed E-state index contributed by atoms with van der Waals surface area (Å²) in [5.74, 6) is -1.25. The lowest BCUT2D eigenvalue weighted by Crippen LogP contribution is -2.58. The maximum Gasteiger partial charge on any atom is 0.254 e. The summed E-state index contributed by atoms with van der Waals surface area (Å²) >= 11 is 1.58. The first kappa shape index (κ1) is 82.6. The molecule has 0 radical (unpaired) electrons. The van der Waals surface area contributed by atoms with Gasteiger partial charge in [0.25, 0.3) is 17.7 Å². The van der Waals surface area contributed by atoms with Gasteiger partial charge in [0.15, 0.2) is 11.6 Å². The number of carbonyl (C=O) groups excluding carboxylic acids is 7. The molecule has 1 saturated carbocycles. The van der Waals surface area contributed by atoms with Crippen LogP contribution in [-0.2, 0) is 40.2 Å². The molecule has 2 bridgehead atoms. The Morgan fingerprint density at radius 2 is 1.53 bits per heavy atom. The molecule has 612 valence electrons. The fraction of sp³-hybridized carbons (Fsp3) is 0.506. The third kappa shape index (κ3) is 20.1. The fourth-order valence-electron chi connectivity index (χ4n) is 16.6. The number of pyridine rings is 1. The summed E-state index contributed by atoms with van der Waals surface area (Å²) in [6.07, 6.45) is 10.9. The number of nitrogens with zero attached hydrogens (tertiary/aromatic N) is 12. The highest BCUT2D eigenvalue weighted by atomic mass is 32.1. The molecule has 9 heterocycles. The van der Waals surface area contributed by atoms with Crippen LogP contribution in [0.1, 0.15) is 139 Å². The zero-order chi connectivity index (χ0) is 80.9. The Hall–Kier alpha value is -10.4. The van der Waals surface area contributed by atoms with E-state index in [2.05, 4.69) is 90.1 Å². The van der Waals surface area contributed by atoms with Crippen molar-refractivity contribution in [3.8, 4) is 39.2 Å². The molecule has 13 rings (SSSR count). The number of nitrogens with one attached hydrogen (secondary N) is 4. The van der Waals surface area contributed by atoms with E-state index in [1.165, 1.54) is 22.0 Å². The third-order valence-corrected chi connectivity index (χ3v) is 24.2. The third-order valence-electron chi connectivity index (χ3n) is 23.2. The number of nitrogen functional groups attached to an aromatic ring is 1. The number of nitrogens with two attached hydrogens (primary N) is 1. The fourth-order valence-corrected chi connectivity index (χ4v) is 17.4. The Kier molecular flexibility index (Phi) is 27.2. The quantitative estimate of drug-likeness (QED) is 0.0121. The van der Waals surface area contributed by atoms with E-state index in [1.54, 1.807) is 29.5 Å². The molecule has 1 aliphatic carbocycles. The van der Waals surface area contributed by atoms with Gasteiger partial charge in [-0.25, -0.2) is 9.97 Å². The van der Waals surface area contributed by atoms with Crippen molar-refractivity contribution >= 4 is 75.6 Å². The molecule has 5 aliphatic heterocycles. The number of rotatable bonds is 37. The number of hydrogen-bond acceptors (Lipinski definition) is 24. The van der Waals surface area contributed by atoms with E-state index in [4.69, 9.17) is 24.5 Å². The van der Waals surface area contributed by atoms with E-state index in [1.807, 2.05) is 120 Å². The van der Waals surface area contributed by atoms with E-state index < -0.39 is 35.4 Å². The van der Waals surface area contributed by atoms with Crippen LogP contribution in [0.25, 0.3) is 21.7 Å². The Balaban J connectivity index is 0.541. The van der Waals surface area contributed by atoms with Gasteiger partial charge in [0, 0.05) is 137 Å². The summed E-state index contributed by atoms with van der Waals surface area (Å²) in [6.45, 7) is 17.9. The van der Waals surface area contributed by atoms with E-state index in [0.29, 0.717) is 119 Å². The van der Waals surface area contributed by atoms with Crippen LogP contribution >= 0.6 is 11.3 Å². The van der Waals surface area contributed by atoms with E-state index in [-0.39, 0.29) is 91.0 Å². The molecule has 2 unspecified atom stereocenters. The largest absolute Gasteiger partial charge is 0.488 e. The van der Waals surface area contributed by atoms with Gasteiger partial charge >= 0.3 is 0 Å². The lowest BCUT2D eigenvalue weighted by Gasteiger charge is -2.43. The monoisotopic (exact) mass is 1590 g/mol. The molecular weight excluding hydrogens is 1480 g/mol. The number of anilines is 4. The number of likely N-dealkylation sites (tertiary alicyclic amines) is 1. The summed E-state index contributed by atoms with van der Waals surface area (Å²) in [6, 6.07) is 29.5. The second kappa shape index (κ2) is 37.9. The highest BCUT2D eigenvalue weighted by molar-refractivity contribution is 7.13. The lowest BCUT2D eigenvalue weighted by atomic mass is 9.67. The van der Waals surface area contributed by atoms with Crippen LogP contribution in [0.5, 0.6) is 17.5 Å². The average Bonchev–Trinajstić information content (AvgIpc) is 1.76. The highest BCUT2D eigenvalue weighted by Crippen LogP contribution is 2.43. The molecule has 7 N–H and O–H groups in total. The molecule has 115 heavy (non-hydrogen) atoms. The predicted molar refractivity (Wildman–Crippen MR) is 438 cm³/mol. The number of aliphatic hydroxyl groups is 1. The van der Waals surface area contributed by atoms with Crippen LogP contribution in [0.2, 0.25) is 0 Å². The zero-order valence-corrected chi connectivity index (χ0v) is 67.7. The number of hydrogen-bond donors (Lipinski definition) is 6. The Labute approximate surface area is 676 Å². The standard InChI is InChI=1S/C85H109N17O12S/c1-54(2)77(82(108)101-51-65(103)45-70(101)81(107)90-56(4)59-21-23-60(24-22-59)78-57(5)89-53-115-78)72-47-74(95-114-72)112-42-40-97-38-39-98(55(3)48-97)41-43-111-73-44-62(31-35-87-73)102-63-27-28-64(102)50-99(49-63)69-46-68(93-94-79(69)86)66-16-9-10-18-71(66)113-52-58-19-25-61(26-20-58)91-80(106)67(17-11-14-36-96(6)7)92-84(110)85(32-15-33-85)83(109)88-34-12-8-13-37-100-75(104)29-30-76(100)105/h9-10,16,18-26,29-31,35,44,46-47,53-56,63-65,67,70,77,103H,8,11-15,17,27-28,32-34,36-43,45,48-52H2,1-7H3,(H2,86,94)(H,88,109)(H,90,107)(H,91,106)(H,92,110)/t55-,56+,63?,64?,65-,67+,70+,77-/m1/s1. The van der Waals surface area contributed by atoms with Gasteiger partial charge in [0.2, 0.25) is 35.4 Å². The van der Waals surface area contributed by atoms with E-state index in [9.17, 15) is 38.7 Å². The lowest BCUT2D eigenvalue weighted by molar-refractivity contribution is -0.151. The first-order chi connectivity index (χ1) is 55.6. The summed E-state index contributed by atoms with van der Waals surface area (Å²) in [4.78, 5) is 118. The number of imide groups is 1. The summed E-state index contributed by atoms with van der Waals surface area (Å²) in [5.41, 5.74) is 14.8.